The monoisotopic (exact) mass is 431 g/mol. The minimum absolute atomic E-state index is 0. The van der Waals surface area contributed by atoms with Gasteiger partial charge in [0.2, 0.25) is 5.91 Å². The highest BCUT2D eigenvalue weighted by atomic mass is 35.5. The highest BCUT2D eigenvalue weighted by molar-refractivity contribution is 5.85. The molecule has 1 unspecified atom stereocenters. The number of hydrogen-bond donors (Lipinski definition) is 3. The van der Waals surface area contributed by atoms with Crippen LogP contribution in [0.2, 0.25) is 0 Å². The van der Waals surface area contributed by atoms with E-state index in [1.807, 2.05) is 6.07 Å². The molecule has 0 aromatic heterocycles. The van der Waals surface area contributed by atoms with E-state index in [0.29, 0.717) is 19.0 Å². The first kappa shape index (κ1) is 25.2. The zero-order chi connectivity index (χ0) is 18.4. The van der Waals surface area contributed by atoms with Crippen molar-refractivity contribution >= 4 is 30.7 Å². The van der Waals surface area contributed by atoms with Crippen LogP contribution in [0, 0.1) is 11.8 Å². The van der Waals surface area contributed by atoms with Crippen LogP contribution in [0.25, 0.3) is 0 Å². The molecule has 4 N–H and O–H groups in total. The lowest BCUT2D eigenvalue weighted by Gasteiger charge is -2.41. The van der Waals surface area contributed by atoms with E-state index in [4.69, 9.17) is 10.5 Å². The van der Waals surface area contributed by atoms with Crippen LogP contribution in [0.5, 0.6) is 0 Å². The molecule has 1 amide bonds. The molecule has 1 aromatic carbocycles. The van der Waals surface area contributed by atoms with Crippen molar-refractivity contribution in [3.05, 3.63) is 35.9 Å². The van der Waals surface area contributed by atoms with Crippen LogP contribution in [0.3, 0.4) is 0 Å². The number of nitrogens with two attached hydrogens (primary N) is 1. The topological polar surface area (TPSA) is 76.4 Å². The molecular weight excluding hydrogens is 397 g/mol. The van der Waals surface area contributed by atoms with Crippen LogP contribution < -0.4 is 16.4 Å². The van der Waals surface area contributed by atoms with Gasteiger partial charge in [-0.1, -0.05) is 36.8 Å². The van der Waals surface area contributed by atoms with E-state index in [0.717, 1.165) is 45.3 Å². The fourth-order valence-electron chi connectivity index (χ4n) is 4.47. The van der Waals surface area contributed by atoms with E-state index < -0.39 is 0 Å². The summed E-state index contributed by atoms with van der Waals surface area (Å²) in [6.07, 6.45) is 4.99. The van der Waals surface area contributed by atoms with Crippen LogP contribution in [0.4, 0.5) is 0 Å². The van der Waals surface area contributed by atoms with Crippen LogP contribution in [0.1, 0.15) is 50.6 Å². The number of nitrogens with one attached hydrogen (secondary N) is 2. The van der Waals surface area contributed by atoms with E-state index in [1.165, 1.54) is 5.56 Å². The van der Waals surface area contributed by atoms with Crippen molar-refractivity contribution in [2.45, 2.75) is 50.6 Å². The summed E-state index contributed by atoms with van der Waals surface area (Å²) in [5, 5.41) is 7.04. The molecule has 160 valence electrons. The number of carbonyl (C=O) groups excluding carboxylic acids is 1. The lowest BCUT2D eigenvalue weighted by atomic mass is 9.87. The normalized spacial score (nSPS) is 24.5. The maximum absolute atomic E-state index is 12.7. The van der Waals surface area contributed by atoms with Crippen molar-refractivity contribution in [3.8, 4) is 0 Å². The van der Waals surface area contributed by atoms with Crippen molar-refractivity contribution in [1.82, 2.24) is 10.6 Å². The standard InChI is InChI=1S/C21H33N3O2.2ClH/c1-16(17-6-3-2-4-7-17)24-21(10-12-26-13-11-21)15-23-20(25)19-9-5-8-18(19)14-22;;/h2-4,6-7,16,18-19,24H,5,8-15,22H2,1H3,(H,23,25);2*1H/t16?,18-,19-;;/m1../s1. The number of halogens is 2. The summed E-state index contributed by atoms with van der Waals surface area (Å²) in [5.74, 6) is 0.609. The zero-order valence-corrected chi connectivity index (χ0v) is 18.3. The number of rotatable bonds is 7. The Hall–Kier alpha value is -0.850. The van der Waals surface area contributed by atoms with Crippen LogP contribution in [-0.4, -0.2) is 37.7 Å². The minimum Gasteiger partial charge on any atom is -0.381 e. The maximum atomic E-state index is 12.7. The summed E-state index contributed by atoms with van der Waals surface area (Å²) in [6, 6.07) is 10.7. The average molecular weight is 432 g/mol. The molecule has 1 aliphatic carbocycles. The third-order valence-electron chi connectivity index (χ3n) is 6.17. The van der Waals surface area contributed by atoms with Gasteiger partial charge in [0.1, 0.15) is 0 Å². The second kappa shape index (κ2) is 12.0. The van der Waals surface area contributed by atoms with Gasteiger partial charge in [-0.3, -0.25) is 4.79 Å². The Labute approximate surface area is 181 Å². The molecule has 28 heavy (non-hydrogen) atoms. The average Bonchev–Trinajstić information content (AvgIpc) is 3.16. The molecule has 1 saturated heterocycles. The van der Waals surface area contributed by atoms with Gasteiger partial charge in [-0.15, -0.1) is 24.8 Å². The van der Waals surface area contributed by atoms with E-state index in [9.17, 15) is 4.79 Å². The Bertz CT molecular complexity index is 582. The van der Waals surface area contributed by atoms with Crippen LogP contribution in [0.15, 0.2) is 30.3 Å². The Morgan fingerprint density at radius 1 is 1.21 bits per heavy atom. The highest BCUT2D eigenvalue weighted by Gasteiger charge is 2.37. The first-order valence-electron chi connectivity index (χ1n) is 10.0. The molecule has 1 heterocycles. The molecule has 2 aliphatic rings. The van der Waals surface area contributed by atoms with Crippen molar-refractivity contribution in [2.24, 2.45) is 17.6 Å². The highest BCUT2D eigenvalue weighted by Crippen LogP contribution is 2.31. The SMILES string of the molecule is CC(NC1(CNC(=O)[C@@H]2CCC[C@@H]2CN)CCOCC1)c1ccccc1.Cl.Cl. The van der Waals surface area contributed by atoms with Crippen LogP contribution >= 0.6 is 24.8 Å². The summed E-state index contributed by atoms with van der Waals surface area (Å²) < 4.78 is 5.58. The van der Waals surface area contributed by atoms with Gasteiger partial charge in [0, 0.05) is 37.3 Å². The van der Waals surface area contributed by atoms with Gasteiger partial charge in [0.25, 0.3) is 0 Å². The number of hydrogen-bond acceptors (Lipinski definition) is 4. The van der Waals surface area contributed by atoms with Gasteiger partial charge in [-0.2, -0.15) is 0 Å². The molecule has 0 spiro atoms. The third-order valence-corrected chi connectivity index (χ3v) is 6.17. The summed E-state index contributed by atoms with van der Waals surface area (Å²) >= 11 is 0. The van der Waals surface area contributed by atoms with Crippen LogP contribution in [-0.2, 0) is 9.53 Å². The van der Waals surface area contributed by atoms with Crippen molar-refractivity contribution in [3.63, 3.8) is 0 Å². The molecule has 0 bridgehead atoms. The second-order valence-corrected chi connectivity index (χ2v) is 7.92. The number of carbonyl (C=O) groups is 1. The van der Waals surface area contributed by atoms with Gasteiger partial charge >= 0.3 is 0 Å². The predicted octanol–water partition coefficient (Wildman–Crippen LogP) is 3.22. The molecule has 0 radical (unpaired) electrons. The maximum Gasteiger partial charge on any atom is 0.223 e. The van der Waals surface area contributed by atoms with Crippen molar-refractivity contribution in [2.75, 3.05) is 26.3 Å². The van der Waals surface area contributed by atoms with E-state index in [-0.39, 0.29) is 48.2 Å². The Kier molecular flexibility index (Phi) is 10.8. The molecule has 3 rings (SSSR count). The molecule has 2 fully saturated rings. The molecule has 1 aromatic rings. The largest absolute Gasteiger partial charge is 0.381 e. The molecule has 7 heteroatoms. The lowest BCUT2D eigenvalue weighted by Crippen LogP contribution is -2.57. The smallest absolute Gasteiger partial charge is 0.223 e. The molecular formula is C21H35Cl2N3O2. The van der Waals surface area contributed by atoms with Crippen molar-refractivity contribution < 1.29 is 9.53 Å². The van der Waals surface area contributed by atoms with Gasteiger partial charge in [0.05, 0.1) is 0 Å². The summed E-state index contributed by atoms with van der Waals surface area (Å²) in [5.41, 5.74) is 7.00. The Morgan fingerprint density at radius 3 is 2.54 bits per heavy atom. The van der Waals surface area contributed by atoms with Gasteiger partial charge in [0.15, 0.2) is 0 Å². The molecule has 1 aliphatic heterocycles. The zero-order valence-electron chi connectivity index (χ0n) is 16.7. The third kappa shape index (κ3) is 6.33. The molecule has 5 nitrogen and oxygen atoms in total. The second-order valence-electron chi connectivity index (χ2n) is 7.92. The first-order chi connectivity index (χ1) is 12.6. The number of amides is 1. The van der Waals surface area contributed by atoms with E-state index >= 15 is 0 Å². The molecule has 1 saturated carbocycles. The summed E-state index contributed by atoms with van der Waals surface area (Å²) in [6.45, 7) is 4.93. The predicted molar refractivity (Wildman–Crippen MR) is 118 cm³/mol. The van der Waals surface area contributed by atoms with Gasteiger partial charge in [-0.25, -0.2) is 0 Å². The van der Waals surface area contributed by atoms with Gasteiger partial charge in [-0.05, 0) is 50.6 Å². The van der Waals surface area contributed by atoms with Crippen molar-refractivity contribution in [1.29, 1.82) is 0 Å². The molecule has 3 atom stereocenters. The van der Waals surface area contributed by atoms with Gasteiger partial charge < -0.3 is 21.1 Å². The summed E-state index contributed by atoms with van der Waals surface area (Å²) in [7, 11) is 0. The van der Waals surface area contributed by atoms with E-state index in [2.05, 4.69) is 41.8 Å². The lowest BCUT2D eigenvalue weighted by molar-refractivity contribution is -0.126. The number of benzene rings is 1. The first-order valence-corrected chi connectivity index (χ1v) is 10.0. The number of ether oxygens (including phenoxy) is 1. The van der Waals surface area contributed by atoms with E-state index in [1.54, 1.807) is 0 Å². The quantitative estimate of drug-likeness (QED) is 0.619. The summed E-state index contributed by atoms with van der Waals surface area (Å²) in [4.78, 5) is 12.7. The Balaban J connectivity index is 0.00000196. The fraction of sp³-hybridized carbons (Fsp3) is 0.667. The fourth-order valence-corrected chi connectivity index (χ4v) is 4.47. The minimum atomic E-state index is -0.111. The Morgan fingerprint density at radius 2 is 1.89 bits per heavy atom.